The number of methoxy groups -OCH3 is 1. The molecule has 0 bridgehead atoms. The molecule has 4 heteroatoms. The molecule has 0 aliphatic heterocycles. The van der Waals surface area contributed by atoms with Crippen LogP contribution in [0.25, 0.3) is 0 Å². The van der Waals surface area contributed by atoms with Crippen LogP contribution in [0.5, 0.6) is 0 Å². The third kappa shape index (κ3) is 3.37. The van der Waals surface area contributed by atoms with E-state index in [-0.39, 0.29) is 17.1 Å². The minimum atomic E-state index is -0.313. The van der Waals surface area contributed by atoms with Crippen LogP contribution < -0.4 is 5.32 Å². The Morgan fingerprint density at radius 2 is 2.15 bits per heavy atom. The Bertz CT molecular complexity index is 458. The van der Waals surface area contributed by atoms with E-state index >= 15 is 0 Å². The predicted molar refractivity (Wildman–Crippen MR) is 75.9 cm³/mol. The summed E-state index contributed by atoms with van der Waals surface area (Å²) in [6.45, 7) is 1.07. The van der Waals surface area contributed by atoms with Crippen LogP contribution in [0.4, 0.5) is 4.39 Å². The quantitative estimate of drug-likeness (QED) is 0.779. The van der Waals surface area contributed by atoms with Crippen LogP contribution in [0.15, 0.2) is 24.3 Å². The molecule has 0 heterocycles. The van der Waals surface area contributed by atoms with Crippen molar-refractivity contribution in [3.63, 3.8) is 0 Å². The number of hydrogen-bond donors (Lipinski definition) is 1. The molecule has 1 fully saturated rings. The standard InChI is InChI=1S/C16H22FNO2/c1-20-12-16(9-5-10-16)15(19)18-11-4-7-13-6-2-3-8-14(13)17/h2-3,6,8H,4-5,7,9-12H2,1H3,(H,18,19). The van der Waals surface area contributed by atoms with Gasteiger partial charge in [-0.3, -0.25) is 4.79 Å². The van der Waals surface area contributed by atoms with Crippen LogP contribution in [-0.2, 0) is 16.0 Å². The van der Waals surface area contributed by atoms with Gasteiger partial charge in [0.15, 0.2) is 0 Å². The molecule has 0 atom stereocenters. The number of amides is 1. The van der Waals surface area contributed by atoms with Crippen molar-refractivity contribution in [3.05, 3.63) is 35.6 Å². The summed E-state index contributed by atoms with van der Waals surface area (Å²) in [7, 11) is 1.63. The maximum atomic E-state index is 13.4. The first-order valence-electron chi connectivity index (χ1n) is 7.19. The molecular weight excluding hydrogens is 257 g/mol. The smallest absolute Gasteiger partial charge is 0.228 e. The van der Waals surface area contributed by atoms with Gasteiger partial charge in [-0.05, 0) is 37.3 Å². The van der Waals surface area contributed by atoms with Gasteiger partial charge in [-0.2, -0.15) is 0 Å². The first-order chi connectivity index (χ1) is 9.68. The van der Waals surface area contributed by atoms with E-state index in [2.05, 4.69) is 5.32 Å². The second-order valence-electron chi connectivity index (χ2n) is 5.52. The number of halogens is 1. The lowest BCUT2D eigenvalue weighted by atomic mass is 9.68. The highest BCUT2D eigenvalue weighted by molar-refractivity contribution is 5.83. The van der Waals surface area contributed by atoms with Crippen molar-refractivity contribution < 1.29 is 13.9 Å². The molecule has 110 valence electrons. The first kappa shape index (κ1) is 15.0. The van der Waals surface area contributed by atoms with Crippen molar-refractivity contribution in [1.82, 2.24) is 5.32 Å². The SMILES string of the molecule is COCC1(C(=O)NCCCc2ccccc2F)CCC1. The van der Waals surface area contributed by atoms with Crippen LogP contribution in [0.3, 0.4) is 0 Å². The molecule has 0 aromatic heterocycles. The molecule has 1 N–H and O–H groups in total. The Morgan fingerprint density at radius 3 is 2.75 bits per heavy atom. The number of carbonyl (C=O) groups is 1. The van der Waals surface area contributed by atoms with E-state index < -0.39 is 0 Å². The maximum Gasteiger partial charge on any atom is 0.228 e. The average Bonchev–Trinajstić information content (AvgIpc) is 2.40. The number of rotatable bonds is 7. The highest BCUT2D eigenvalue weighted by atomic mass is 19.1. The topological polar surface area (TPSA) is 38.3 Å². The van der Waals surface area contributed by atoms with Gasteiger partial charge >= 0.3 is 0 Å². The summed E-state index contributed by atoms with van der Waals surface area (Å²) in [4.78, 5) is 12.2. The molecule has 1 aromatic rings. The van der Waals surface area contributed by atoms with Gasteiger partial charge in [0.2, 0.25) is 5.91 Å². The Balaban J connectivity index is 1.73. The van der Waals surface area contributed by atoms with Crippen molar-refractivity contribution in [1.29, 1.82) is 0 Å². The van der Waals surface area contributed by atoms with Gasteiger partial charge in [0, 0.05) is 13.7 Å². The molecule has 0 radical (unpaired) electrons. The van der Waals surface area contributed by atoms with E-state index in [0.717, 1.165) is 25.7 Å². The number of ether oxygens (including phenoxy) is 1. The van der Waals surface area contributed by atoms with Crippen molar-refractivity contribution in [2.24, 2.45) is 5.41 Å². The molecule has 1 aliphatic rings. The molecule has 0 spiro atoms. The molecule has 3 nitrogen and oxygen atoms in total. The summed E-state index contributed by atoms with van der Waals surface area (Å²) in [5.74, 6) is -0.0900. The van der Waals surface area contributed by atoms with Gasteiger partial charge in [-0.25, -0.2) is 4.39 Å². The summed E-state index contributed by atoms with van der Waals surface area (Å²) in [6.07, 6.45) is 4.28. The zero-order chi connectivity index (χ0) is 14.4. The number of benzene rings is 1. The Morgan fingerprint density at radius 1 is 1.40 bits per heavy atom. The van der Waals surface area contributed by atoms with Crippen LogP contribution in [-0.4, -0.2) is 26.2 Å². The van der Waals surface area contributed by atoms with E-state index in [1.807, 2.05) is 6.07 Å². The monoisotopic (exact) mass is 279 g/mol. The lowest BCUT2D eigenvalue weighted by Crippen LogP contribution is -2.48. The van der Waals surface area contributed by atoms with E-state index in [4.69, 9.17) is 4.74 Å². The molecule has 1 aromatic carbocycles. The average molecular weight is 279 g/mol. The summed E-state index contributed by atoms with van der Waals surface area (Å²) >= 11 is 0. The second-order valence-corrected chi connectivity index (χ2v) is 5.52. The molecule has 0 unspecified atom stereocenters. The molecular formula is C16H22FNO2. The van der Waals surface area contributed by atoms with Crippen molar-refractivity contribution in [3.8, 4) is 0 Å². The Hall–Kier alpha value is -1.42. The lowest BCUT2D eigenvalue weighted by molar-refractivity contribution is -0.140. The zero-order valence-electron chi connectivity index (χ0n) is 12.0. The number of nitrogens with one attached hydrogen (secondary N) is 1. The van der Waals surface area contributed by atoms with E-state index in [0.29, 0.717) is 25.1 Å². The molecule has 2 rings (SSSR count). The van der Waals surface area contributed by atoms with Gasteiger partial charge in [-0.1, -0.05) is 24.6 Å². The van der Waals surface area contributed by atoms with Crippen molar-refractivity contribution >= 4 is 5.91 Å². The molecule has 20 heavy (non-hydrogen) atoms. The van der Waals surface area contributed by atoms with Gasteiger partial charge < -0.3 is 10.1 Å². The third-order valence-electron chi connectivity index (χ3n) is 4.08. The highest BCUT2D eigenvalue weighted by Crippen LogP contribution is 2.41. The largest absolute Gasteiger partial charge is 0.384 e. The Labute approximate surface area is 119 Å². The molecule has 0 saturated heterocycles. The second kappa shape index (κ2) is 6.84. The van der Waals surface area contributed by atoms with Gasteiger partial charge in [0.05, 0.1) is 12.0 Å². The summed E-state index contributed by atoms with van der Waals surface area (Å²) in [5, 5.41) is 2.96. The molecule has 1 aliphatic carbocycles. The molecule has 1 saturated carbocycles. The van der Waals surface area contributed by atoms with E-state index in [1.54, 1.807) is 19.2 Å². The highest BCUT2D eigenvalue weighted by Gasteiger charge is 2.43. The number of hydrogen-bond acceptors (Lipinski definition) is 2. The van der Waals surface area contributed by atoms with Gasteiger partial charge in [0.25, 0.3) is 0 Å². The Kier molecular flexibility index (Phi) is 5.12. The number of carbonyl (C=O) groups excluding carboxylic acids is 1. The fourth-order valence-corrected chi connectivity index (χ4v) is 2.69. The van der Waals surface area contributed by atoms with Gasteiger partial charge in [0.1, 0.15) is 5.82 Å². The minimum absolute atomic E-state index is 0.0825. The van der Waals surface area contributed by atoms with Crippen molar-refractivity contribution in [2.45, 2.75) is 32.1 Å². The van der Waals surface area contributed by atoms with Crippen LogP contribution in [0.1, 0.15) is 31.2 Å². The predicted octanol–water partition coefficient (Wildman–Crippen LogP) is 2.69. The first-order valence-corrected chi connectivity index (χ1v) is 7.19. The fourth-order valence-electron chi connectivity index (χ4n) is 2.69. The van der Waals surface area contributed by atoms with Crippen LogP contribution >= 0.6 is 0 Å². The lowest BCUT2D eigenvalue weighted by Gasteiger charge is -2.39. The van der Waals surface area contributed by atoms with E-state index in [9.17, 15) is 9.18 Å². The zero-order valence-corrected chi connectivity index (χ0v) is 12.0. The van der Waals surface area contributed by atoms with Crippen LogP contribution in [0, 0.1) is 11.2 Å². The minimum Gasteiger partial charge on any atom is -0.384 e. The van der Waals surface area contributed by atoms with E-state index in [1.165, 1.54) is 6.07 Å². The molecule has 1 amide bonds. The van der Waals surface area contributed by atoms with Crippen LogP contribution in [0.2, 0.25) is 0 Å². The maximum absolute atomic E-state index is 13.4. The third-order valence-corrected chi connectivity index (χ3v) is 4.08. The summed E-state index contributed by atoms with van der Waals surface area (Å²) < 4.78 is 18.6. The number of aryl methyl sites for hydroxylation is 1. The van der Waals surface area contributed by atoms with Gasteiger partial charge in [-0.15, -0.1) is 0 Å². The van der Waals surface area contributed by atoms with Crippen molar-refractivity contribution in [2.75, 3.05) is 20.3 Å². The normalized spacial score (nSPS) is 16.5. The summed E-state index contributed by atoms with van der Waals surface area (Å²) in [5.41, 5.74) is 0.393. The summed E-state index contributed by atoms with van der Waals surface area (Å²) in [6, 6.07) is 6.77. The fraction of sp³-hybridized carbons (Fsp3) is 0.562.